The molecule has 5 heteroatoms. The average molecular weight is 441 g/mol. The molecule has 0 radical (unpaired) electrons. The van der Waals surface area contributed by atoms with Crippen LogP contribution in [0.15, 0.2) is 28.7 Å². The summed E-state index contributed by atoms with van der Waals surface area (Å²) < 4.78 is 0.967. The topological polar surface area (TPSA) is 20.3 Å². The van der Waals surface area contributed by atoms with Crippen molar-refractivity contribution in [2.75, 3.05) is 6.54 Å². The lowest BCUT2D eigenvalue weighted by Crippen LogP contribution is -2.38. The Hall–Kier alpha value is -0.0700. The Morgan fingerprint density at radius 3 is 2.89 bits per heavy atom. The van der Waals surface area contributed by atoms with Gasteiger partial charge in [0.05, 0.1) is 8.95 Å². The van der Waals surface area contributed by atoms with Gasteiger partial charge in [-0.3, -0.25) is 4.79 Å². The van der Waals surface area contributed by atoms with Crippen molar-refractivity contribution < 1.29 is 4.79 Å². The van der Waals surface area contributed by atoms with Gasteiger partial charge < -0.3 is 4.90 Å². The molecule has 1 aromatic carbocycles. The Balaban J connectivity index is 2.45. The third kappa shape index (κ3) is 2.75. The van der Waals surface area contributed by atoms with Crippen molar-refractivity contribution in [3.8, 4) is 0 Å². The zero-order valence-corrected chi connectivity index (χ0v) is 14.3. The molecule has 1 atom stereocenters. The zero-order chi connectivity index (χ0) is 13.3. The van der Waals surface area contributed by atoms with Crippen LogP contribution in [0.5, 0.6) is 0 Å². The van der Waals surface area contributed by atoms with Gasteiger partial charge in [0, 0.05) is 22.3 Å². The number of halogens is 3. The Kier molecular flexibility index (Phi) is 4.72. The number of alkyl halides is 1. The van der Waals surface area contributed by atoms with Crippen LogP contribution in [0.1, 0.15) is 18.9 Å². The molecule has 1 heterocycles. The molecule has 1 amide bonds. The fourth-order valence-electron chi connectivity index (χ4n) is 1.99. The molecule has 0 spiro atoms. The first-order chi connectivity index (χ1) is 8.54. The lowest BCUT2D eigenvalue weighted by atomic mass is 10.0. The van der Waals surface area contributed by atoms with Crippen LogP contribution < -0.4 is 0 Å². The SMILES string of the molecule is CCN1C(=O)C(I)CC=C1c1ccc(Br)cc1Cl. The third-order valence-electron chi connectivity index (χ3n) is 2.87. The highest BCUT2D eigenvalue weighted by atomic mass is 127. The Labute approximate surface area is 134 Å². The highest BCUT2D eigenvalue weighted by molar-refractivity contribution is 14.1. The summed E-state index contributed by atoms with van der Waals surface area (Å²) in [6.07, 6.45) is 2.86. The summed E-state index contributed by atoms with van der Waals surface area (Å²) in [5.41, 5.74) is 1.84. The number of benzene rings is 1. The number of nitrogens with zero attached hydrogens (tertiary/aromatic N) is 1. The van der Waals surface area contributed by atoms with Gasteiger partial charge in [-0.1, -0.05) is 62.3 Å². The van der Waals surface area contributed by atoms with Crippen LogP contribution in [0.4, 0.5) is 0 Å². The number of hydrogen-bond donors (Lipinski definition) is 0. The molecule has 0 saturated carbocycles. The molecule has 0 saturated heterocycles. The zero-order valence-electron chi connectivity index (χ0n) is 9.79. The van der Waals surface area contributed by atoms with Gasteiger partial charge in [-0.2, -0.15) is 0 Å². The Morgan fingerprint density at radius 1 is 1.56 bits per heavy atom. The van der Waals surface area contributed by atoms with E-state index in [1.165, 1.54) is 0 Å². The molecular weight excluding hydrogens is 428 g/mol. The smallest absolute Gasteiger partial charge is 0.240 e. The van der Waals surface area contributed by atoms with E-state index in [4.69, 9.17) is 11.6 Å². The molecule has 2 rings (SSSR count). The van der Waals surface area contributed by atoms with E-state index in [1.54, 1.807) is 4.90 Å². The second-order valence-electron chi connectivity index (χ2n) is 4.00. The van der Waals surface area contributed by atoms with Crippen LogP contribution >= 0.6 is 50.1 Å². The summed E-state index contributed by atoms with van der Waals surface area (Å²) in [4.78, 5) is 13.9. The number of hydrogen-bond acceptors (Lipinski definition) is 1. The molecule has 0 aromatic heterocycles. The van der Waals surface area contributed by atoms with E-state index >= 15 is 0 Å². The quantitative estimate of drug-likeness (QED) is 0.490. The van der Waals surface area contributed by atoms with Crippen molar-refractivity contribution in [1.29, 1.82) is 0 Å². The van der Waals surface area contributed by atoms with E-state index in [0.717, 1.165) is 22.2 Å². The van der Waals surface area contributed by atoms with Crippen LogP contribution in [0.2, 0.25) is 5.02 Å². The molecular formula is C13H12BrClINO. The monoisotopic (exact) mass is 439 g/mol. The van der Waals surface area contributed by atoms with Crippen molar-refractivity contribution in [3.63, 3.8) is 0 Å². The molecule has 1 aromatic rings. The van der Waals surface area contributed by atoms with Gasteiger partial charge in [0.25, 0.3) is 0 Å². The van der Waals surface area contributed by atoms with Gasteiger partial charge in [-0.15, -0.1) is 0 Å². The summed E-state index contributed by atoms with van der Waals surface area (Å²) in [6, 6.07) is 5.74. The normalized spacial score (nSPS) is 20.0. The first-order valence-electron chi connectivity index (χ1n) is 5.65. The fourth-order valence-corrected chi connectivity index (χ4v) is 3.35. The maximum atomic E-state index is 12.1. The molecule has 0 N–H and O–H groups in total. The number of carbonyl (C=O) groups is 1. The molecule has 96 valence electrons. The van der Waals surface area contributed by atoms with Gasteiger partial charge in [0.15, 0.2) is 0 Å². The lowest BCUT2D eigenvalue weighted by molar-refractivity contribution is -0.127. The third-order valence-corrected chi connectivity index (χ3v) is 4.71. The molecule has 0 fully saturated rings. The molecule has 2 nitrogen and oxygen atoms in total. The maximum Gasteiger partial charge on any atom is 0.240 e. The van der Waals surface area contributed by atoms with Crippen molar-refractivity contribution in [2.24, 2.45) is 0 Å². The second kappa shape index (κ2) is 5.92. The van der Waals surface area contributed by atoms with Crippen molar-refractivity contribution >= 4 is 61.7 Å². The molecule has 1 aliphatic rings. The van der Waals surface area contributed by atoms with E-state index in [9.17, 15) is 4.79 Å². The minimum Gasteiger partial charge on any atom is -0.311 e. The van der Waals surface area contributed by atoms with E-state index in [1.807, 2.05) is 25.1 Å². The van der Waals surface area contributed by atoms with E-state index in [-0.39, 0.29) is 9.83 Å². The first-order valence-corrected chi connectivity index (χ1v) is 8.07. The van der Waals surface area contributed by atoms with E-state index in [2.05, 4.69) is 44.6 Å². The van der Waals surface area contributed by atoms with Gasteiger partial charge in [-0.05, 0) is 25.5 Å². The van der Waals surface area contributed by atoms with Gasteiger partial charge >= 0.3 is 0 Å². The number of amides is 1. The molecule has 0 bridgehead atoms. The number of carbonyl (C=O) groups excluding carboxylic acids is 1. The lowest BCUT2D eigenvalue weighted by Gasteiger charge is -2.30. The molecule has 18 heavy (non-hydrogen) atoms. The minimum atomic E-state index is 0.0283. The van der Waals surface area contributed by atoms with Crippen LogP contribution in [-0.4, -0.2) is 21.3 Å². The van der Waals surface area contributed by atoms with Crippen LogP contribution in [0.3, 0.4) is 0 Å². The first kappa shape index (κ1) is 14.3. The van der Waals surface area contributed by atoms with Gasteiger partial charge in [0.1, 0.15) is 0 Å². The van der Waals surface area contributed by atoms with E-state index in [0.29, 0.717) is 11.6 Å². The summed E-state index contributed by atoms with van der Waals surface area (Å²) in [7, 11) is 0. The molecule has 1 unspecified atom stereocenters. The van der Waals surface area contributed by atoms with Gasteiger partial charge in [-0.25, -0.2) is 0 Å². The van der Waals surface area contributed by atoms with Crippen LogP contribution in [0.25, 0.3) is 5.70 Å². The summed E-state index contributed by atoms with van der Waals surface area (Å²) in [6.45, 7) is 2.64. The number of rotatable bonds is 2. The van der Waals surface area contributed by atoms with Crippen LogP contribution in [-0.2, 0) is 4.79 Å². The largest absolute Gasteiger partial charge is 0.311 e. The van der Waals surface area contributed by atoms with Gasteiger partial charge in [0.2, 0.25) is 5.91 Å². The average Bonchev–Trinajstić information content (AvgIpc) is 2.33. The maximum absolute atomic E-state index is 12.1. The molecule has 1 aliphatic heterocycles. The summed E-state index contributed by atoms with van der Waals surface area (Å²) in [5.74, 6) is 0.162. The minimum absolute atomic E-state index is 0.0283. The van der Waals surface area contributed by atoms with Crippen LogP contribution in [0, 0.1) is 0 Å². The molecule has 0 aliphatic carbocycles. The predicted octanol–water partition coefficient (Wildman–Crippen LogP) is 4.50. The summed E-state index contributed by atoms with van der Waals surface area (Å²) >= 11 is 11.8. The Bertz CT molecular complexity index is 518. The standard InChI is InChI=1S/C13H12BrClINO/c1-2-17-12(6-5-11(16)13(17)18)9-4-3-8(14)7-10(9)15/h3-4,6-7,11H,2,5H2,1H3. The van der Waals surface area contributed by atoms with Crippen molar-refractivity contribution in [1.82, 2.24) is 4.90 Å². The van der Waals surface area contributed by atoms with E-state index < -0.39 is 0 Å². The predicted molar refractivity (Wildman–Crippen MR) is 86.9 cm³/mol. The Morgan fingerprint density at radius 2 is 2.28 bits per heavy atom. The number of allylic oxidation sites excluding steroid dienone is 1. The highest BCUT2D eigenvalue weighted by Gasteiger charge is 2.28. The highest BCUT2D eigenvalue weighted by Crippen LogP contribution is 2.33. The fraction of sp³-hybridized carbons (Fsp3) is 0.308. The summed E-state index contributed by atoms with van der Waals surface area (Å²) in [5, 5.41) is 0.661. The van der Waals surface area contributed by atoms with Crippen molar-refractivity contribution in [3.05, 3.63) is 39.3 Å². The second-order valence-corrected chi connectivity index (χ2v) is 6.83. The van der Waals surface area contributed by atoms with Crippen molar-refractivity contribution in [2.45, 2.75) is 17.3 Å².